The Morgan fingerprint density at radius 1 is 1.38 bits per heavy atom. The van der Waals surface area contributed by atoms with Gasteiger partial charge >= 0.3 is 0 Å². The van der Waals surface area contributed by atoms with Crippen LogP contribution >= 0.6 is 15.9 Å². The van der Waals surface area contributed by atoms with E-state index in [0.29, 0.717) is 17.8 Å². The van der Waals surface area contributed by atoms with Gasteiger partial charge in [0.25, 0.3) is 0 Å². The minimum Gasteiger partial charge on any atom is -0.384 e. The van der Waals surface area contributed by atoms with Gasteiger partial charge in [0.1, 0.15) is 5.84 Å². The van der Waals surface area contributed by atoms with Crippen LogP contribution < -0.4 is 10.6 Å². The number of halogens is 2. The normalized spacial score (nSPS) is 10.4. The summed E-state index contributed by atoms with van der Waals surface area (Å²) in [5.74, 6) is -0.574. The Bertz CT molecular complexity index is 646. The summed E-state index contributed by atoms with van der Waals surface area (Å²) in [7, 11) is 1.82. The Kier molecular flexibility index (Phi) is 4.90. The van der Waals surface area contributed by atoms with Crippen LogP contribution in [0, 0.1) is 11.2 Å². The van der Waals surface area contributed by atoms with E-state index in [0.717, 1.165) is 12.1 Å². The number of likely N-dealkylation sites (N-methyl/N-ethyl adjacent to an activating group) is 1. The van der Waals surface area contributed by atoms with Crippen LogP contribution in [0.5, 0.6) is 0 Å². The van der Waals surface area contributed by atoms with E-state index in [1.807, 2.05) is 30.1 Å². The maximum Gasteiger partial charge on any atom is 0.161 e. The number of pyridine rings is 1. The van der Waals surface area contributed by atoms with Gasteiger partial charge < -0.3 is 10.6 Å². The molecule has 2 rings (SSSR count). The number of aromatic nitrogens is 1. The van der Waals surface area contributed by atoms with Crippen molar-refractivity contribution in [2.24, 2.45) is 5.73 Å². The molecule has 0 radical (unpaired) electrons. The lowest BCUT2D eigenvalue weighted by Crippen LogP contribution is -2.22. The lowest BCUT2D eigenvalue weighted by molar-refractivity contribution is 0.615. The van der Waals surface area contributed by atoms with Crippen molar-refractivity contribution in [2.75, 3.05) is 18.5 Å². The zero-order chi connectivity index (χ0) is 15.4. The highest BCUT2D eigenvalue weighted by Gasteiger charge is 2.15. The second kappa shape index (κ2) is 6.67. The van der Waals surface area contributed by atoms with E-state index in [2.05, 4.69) is 20.9 Å². The number of nitrogens with two attached hydrogens (primary N) is 1. The Hall–Kier alpha value is -1.95. The zero-order valence-corrected chi connectivity index (χ0v) is 13.2. The van der Waals surface area contributed by atoms with Crippen molar-refractivity contribution in [1.29, 1.82) is 5.41 Å². The minimum atomic E-state index is -0.411. The average molecular weight is 351 g/mol. The molecular formula is C15H16BrFN4. The molecule has 6 heteroatoms. The smallest absolute Gasteiger partial charge is 0.161 e. The fourth-order valence-electron chi connectivity index (χ4n) is 1.99. The van der Waals surface area contributed by atoms with Gasteiger partial charge in [0.15, 0.2) is 5.82 Å². The van der Waals surface area contributed by atoms with E-state index in [4.69, 9.17) is 11.1 Å². The van der Waals surface area contributed by atoms with E-state index < -0.39 is 5.82 Å². The van der Waals surface area contributed by atoms with E-state index in [1.54, 1.807) is 18.3 Å². The summed E-state index contributed by atoms with van der Waals surface area (Å²) in [4.78, 5) is 6.07. The van der Waals surface area contributed by atoms with Gasteiger partial charge in [-0.3, -0.25) is 10.4 Å². The molecule has 0 aliphatic rings. The summed E-state index contributed by atoms with van der Waals surface area (Å²) in [5.41, 5.74) is 7.19. The van der Waals surface area contributed by atoms with Crippen LogP contribution in [0.4, 0.5) is 10.1 Å². The van der Waals surface area contributed by atoms with Crippen LogP contribution in [-0.4, -0.2) is 24.4 Å². The van der Waals surface area contributed by atoms with Crippen LogP contribution in [0.3, 0.4) is 0 Å². The molecule has 0 aliphatic heterocycles. The second-order valence-corrected chi connectivity index (χ2v) is 5.46. The maximum absolute atomic E-state index is 14.3. The number of nitrogens with one attached hydrogen (secondary N) is 1. The van der Waals surface area contributed by atoms with E-state index in [9.17, 15) is 4.39 Å². The molecule has 0 aliphatic carbocycles. The summed E-state index contributed by atoms with van der Waals surface area (Å²) < 4.78 is 14.6. The first-order valence-electron chi connectivity index (χ1n) is 6.44. The molecule has 0 saturated heterocycles. The van der Waals surface area contributed by atoms with Gasteiger partial charge in [0.05, 0.1) is 10.2 Å². The number of hydrogen-bond donors (Lipinski definition) is 2. The van der Waals surface area contributed by atoms with Crippen LogP contribution in [0.2, 0.25) is 0 Å². The highest BCUT2D eigenvalue weighted by Crippen LogP contribution is 2.28. The third-order valence-corrected chi connectivity index (χ3v) is 3.97. The summed E-state index contributed by atoms with van der Waals surface area (Å²) in [6.07, 6.45) is 2.47. The Labute approximate surface area is 131 Å². The zero-order valence-electron chi connectivity index (χ0n) is 11.6. The van der Waals surface area contributed by atoms with Crippen LogP contribution in [0.25, 0.3) is 0 Å². The van der Waals surface area contributed by atoms with Gasteiger partial charge in [-0.05, 0) is 40.2 Å². The van der Waals surface area contributed by atoms with Gasteiger partial charge in [-0.2, -0.15) is 0 Å². The summed E-state index contributed by atoms with van der Waals surface area (Å²) in [6.45, 7) is 0.639. The molecule has 3 N–H and O–H groups in total. The Balaban J connectivity index is 2.14. The topological polar surface area (TPSA) is 66.0 Å². The fraction of sp³-hybridized carbons (Fsp3) is 0.200. The number of nitrogens with zero attached hydrogens (tertiary/aromatic N) is 2. The number of rotatable bonds is 5. The SMILES string of the molecule is CN(CCc1ccccn1)c1ccc(C(=N)N)c(Br)c1F. The molecule has 0 unspecified atom stereocenters. The lowest BCUT2D eigenvalue weighted by Gasteiger charge is -2.21. The molecule has 1 aromatic carbocycles. The maximum atomic E-state index is 14.3. The molecule has 0 fully saturated rings. The van der Waals surface area contributed by atoms with Gasteiger partial charge in [-0.15, -0.1) is 0 Å². The van der Waals surface area contributed by atoms with Crippen molar-refractivity contribution < 1.29 is 4.39 Å². The molecule has 0 atom stereocenters. The molecule has 4 nitrogen and oxygen atoms in total. The molecule has 110 valence electrons. The van der Waals surface area contributed by atoms with Crippen molar-refractivity contribution in [3.63, 3.8) is 0 Å². The molecule has 1 heterocycles. The first kappa shape index (κ1) is 15.4. The first-order valence-corrected chi connectivity index (χ1v) is 7.23. The number of anilines is 1. The van der Waals surface area contributed by atoms with E-state index in [-0.39, 0.29) is 10.3 Å². The first-order chi connectivity index (χ1) is 10.0. The molecule has 1 aromatic heterocycles. The number of nitrogen functional groups attached to an aromatic ring is 1. The fourth-order valence-corrected chi connectivity index (χ4v) is 2.54. The highest BCUT2D eigenvalue weighted by molar-refractivity contribution is 9.10. The summed E-state index contributed by atoms with van der Waals surface area (Å²) >= 11 is 3.16. The third kappa shape index (κ3) is 3.58. The third-order valence-electron chi connectivity index (χ3n) is 3.19. The molecule has 21 heavy (non-hydrogen) atoms. The Morgan fingerprint density at radius 2 is 2.14 bits per heavy atom. The van der Waals surface area contributed by atoms with E-state index >= 15 is 0 Å². The molecular weight excluding hydrogens is 335 g/mol. The second-order valence-electron chi connectivity index (χ2n) is 4.67. The van der Waals surface area contributed by atoms with Crippen molar-refractivity contribution in [1.82, 2.24) is 4.98 Å². The molecule has 0 saturated carbocycles. The minimum absolute atomic E-state index is 0.163. The lowest BCUT2D eigenvalue weighted by atomic mass is 10.1. The van der Waals surface area contributed by atoms with Crippen molar-refractivity contribution in [3.8, 4) is 0 Å². The number of hydrogen-bond acceptors (Lipinski definition) is 3. The molecule has 0 spiro atoms. The molecule has 0 amide bonds. The van der Waals surface area contributed by atoms with Crippen LogP contribution in [-0.2, 0) is 6.42 Å². The van der Waals surface area contributed by atoms with Crippen molar-refractivity contribution >= 4 is 27.5 Å². The molecule has 2 aromatic rings. The molecule has 0 bridgehead atoms. The summed E-state index contributed by atoms with van der Waals surface area (Å²) in [6, 6.07) is 9.02. The van der Waals surface area contributed by atoms with Crippen LogP contribution in [0.15, 0.2) is 41.0 Å². The highest BCUT2D eigenvalue weighted by atomic mass is 79.9. The summed E-state index contributed by atoms with van der Waals surface area (Å²) in [5, 5.41) is 7.40. The quantitative estimate of drug-likeness (QED) is 0.643. The predicted octanol–water partition coefficient (Wildman–Crippen LogP) is 2.95. The monoisotopic (exact) mass is 350 g/mol. The van der Waals surface area contributed by atoms with Gasteiger partial charge in [-0.1, -0.05) is 6.07 Å². The van der Waals surface area contributed by atoms with Gasteiger partial charge in [0, 0.05) is 37.5 Å². The average Bonchev–Trinajstić information content (AvgIpc) is 2.48. The van der Waals surface area contributed by atoms with Crippen molar-refractivity contribution in [2.45, 2.75) is 6.42 Å². The van der Waals surface area contributed by atoms with Gasteiger partial charge in [-0.25, -0.2) is 4.39 Å². The van der Waals surface area contributed by atoms with E-state index in [1.165, 1.54) is 0 Å². The van der Waals surface area contributed by atoms with Gasteiger partial charge in [0.2, 0.25) is 0 Å². The van der Waals surface area contributed by atoms with Crippen LogP contribution in [0.1, 0.15) is 11.3 Å². The number of amidine groups is 1. The van der Waals surface area contributed by atoms with Crippen molar-refractivity contribution in [3.05, 3.63) is 58.1 Å². The standard InChI is InChI=1S/C15H16BrFN4/c1-21(9-7-10-4-2-3-8-20-10)12-6-5-11(15(18)19)13(16)14(12)17/h2-6,8H,7,9H2,1H3,(H3,18,19). The Morgan fingerprint density at radius 3 is 2.76 bits per heavy atom. The number of benzene rings is 1. The largest absolute Gasteiger partial charge is 0.384 e. The predicted molar refractivity (Wildman–Crippen MR) is 86.3 cm³/mol.